The number of carbonyl (C=O) groups is 2. The third kappa shape index (κ3) is 3.98. The molecule has 2 amide bonds. The molecule has 1 atom stereocenters. The number of amides is 2. The number of rotatable bonds is 4. The van der Waals surface area contributed by atoms with Gasteiger partial charge in [-0.25, -0.2) is 4.39 Å². The van der Waals surface area contributed by atoms with Crippen molar-refractivity contribution in [2.75, 3.05) is 16.0 Å². The SMILES string of the molecule is Cc1c(F)cccc1N1C(=O)CSC1c1cccc(NC(=O)c2cccc3ccccc23)c1. The molecule has 1 heterocycles. The first-order valence-corrected chi connectivity index (χ1v) is 11.7. The van der Waals surface area contributed by atoms with Gasteiger partial charge in [0.05, 0.1) is 11.4 Å². The summed E-state index contributed by atoms with van der Waals surface area (Å²) in [5, 5.41) is 4.58. The number of halogens is 1. The Morgan fingerprint density at radius 1 is 1.00 bits per heavy atom. The van der Waals surface area contributed by atoms with Gasteiger partial charge in [-0.3, -0.25) is 14.5 Å². The predicted molar refractivity (Wildman–Crippen MR) is 132 cm³/mol. The quantitative estimate of drug-likeness (QED) is 0.391. The van der Waals surface area contributed by atoms with Crippen LogP contribution in [0.15, 0.2) is 84.9 Å². The van der Waals surface area contributed by atoms with Crippen LogP contribution in [0.1, 0.15) is 26.9 Å². The van der Waals surface area contributed by atoms with Crippen molar-refractivity contribution >= 4 is 45.7 Å². The van der Waals surface area contributed by atoms with Crippen LogP contribution in [-0.4, -0.2) is 17.6 Å². The fourth-order valence-electron chi connectivity index (χ4n) is 4.18. The van der Waals surface area contributed by atoms with Crippen LogP contribution < -0.4 is 10.2 Å². The topological polar surface area (TPSA) is 49.4 Å². The minimum Gasteiger partial charge on any atom is -0.322 e. The summed E-state index contributed by atoms with van der Waals surface area (Å²) in [7, 11) is 0. The van der Waals surface area contributed by atoms with Gasteiger partial charge in [0.15, 0.2) is 0 Å². The Balaban J connectivity index is 1.45. The Kier molecular flexibility index (Phi) is 5.60. The highest BCUT2D eigenvalue weighted by molar-refractivity contribution is 8.00. The van der Waals surface area contributed by atoms with Gasteiger partial charge in [0.25, 0.3) is 5.91 Å². The van der Waals surface area contributed by atoms with Crippen LogP contribution in [0.3, 0.4) is 0 Å². The van der Waals surface area contributed by atoms with Crippen LogP contribution in [0.5, 0.6) is 0 Å². The minimum atomic E-state index is -0.341. The fourth-order valence-corrected chi connectivity index (χ4v) is 5.34. The molecule has 4 nitrogen and oxygen atoms in total. The van der Waals surface area contributed by atoms with E-state index < -0.39 is 0 Å². The summed E-state index contributed by atoms with van der Waals surface area (Å²) in [4.78, 5) is 27.4. The van der Waals surface area contributed by atoms with Crippen molar-refractivity contribution in [3.8, 4) is 0 Å². The van der Waals surface area contributed by atoms with Crippen molar-refractivity contribution in [2.24, 2.45) is 0 Å². The molecule has 1 N–H and O–H groups in total. The number of hydrogen-bond donors (Lipinski definition) is 1. The van der Waals surface area contributed by atoms with Gasteiger partial charge in [0, 0.05) is 16.8 Å². The highest BCUT2D eigenvalue weighted by atomic mass is 32.2. The van der Waals surface area contributed by atoms with Gasteiger partial charge in [-0.05, 0) is 53.6 Å². The molecule has 4 aromatic rings. The summed E-state index contributed by atoms with van der Waals surface area (Å²) in [6.07, 6.45) is 0. The Morgan fingerprint density at radius 3 is 2.64 bits per heavy atom. The second-order valence-corrected chi connectivity index (χ2v) is 8.99. The van der Waals surface area contributed by atoms with E-state index in [4.69, 9.17) is 0 Å². The smallest absolute Gasteiger partial charge is 0.256 e. The molecule has 4 aromatic carbocycles. The maximum absolute atomic E-state index is 14.2. The van der Waals surface area contributed by atoms with Crippen molar-refractivity contribution in [2.45, 2.75) is 12.3 Å². The molecule has 0 spiro atoms. The Morgan fingerprint density at radius 2 is 1.76 bits per heavy atom. The van der Waals surface area contributed by atoms with Gasteiger partial charge >= 0.3 is 0 Å². The molecule has 0 saturated carbocycles. The zero-order valence-electron chi connectivity index (χ0n) is 17.9. The van der Waals surface area contributed by atoms with E-state index in [0.29, 0.717) is 28.3 Å². The lowest BCUT2D eigenvalue weighted by molar-refractivity contribution is -0.115. The first-order valence-electron chi connectivity index (χ1n) is 10.6. The number of thioether (sulfide) groups is 1. The maximum atomic E-state index is 14.2. The molecular formula is C27H21FN2O2S. The van der Waals surface area contributed by atoms with Crippen molar-refractivity contribution < 1.29 is 14.0 Å². The second kappa shape index (κ2) is 8.71. The van der Waals surface area contributed by atoms with Gasteiger partial charge < -0.3 is 5.32 Å². The Hall–Kier alpha value is -3.64. The molecule has 5 rings (SSSR count). The number of hydrogen-bond acceptors (Lipinski definition) is 3. The molecule has 164 valence electrons. The van der Waals surface area contributed by atoms with Crippen LogP contribution in [0, 0.1) is 12.7 Å². The van der Waals surface area contributed by atoms with Crippen LogP contribution in [0.2, 0.25) is 0 Å². The largest absolute Gasteiger partial charge is 0.322 e. The summed E-state index contributed by atoms with van der Waals surface area (Å²) >= 11 is 1.49. The van der Waals surface area contributed by atoms with Crippen molar-refractivity contribution in [3.05, 3.63) is 107 Å². The third-order valence-corrected chi connectivity index (χ3v) is 7.04. The van der Waals surface area contributed by atoms with E-state index in [9.17, 15) is 14.0 Å². The van der Waals surface area contributed by atoms with E-state index in [0.717, 1.165) is 16.3 Å². The van der Waals surface area contributed by atoms with Gasteiger partial charge in [0.2, 0.25) is 5.91 Å². The predicted octanol–water partition coefficient (Wildman–Crippen LogP) is 6.32. The first kappa shape index (κ1) is 21.2. The first-order chi connectivity index (χ1) is 16.0. The summed E-state index contributed by atoms with van der Waals surface area (Å²) in [6, 6.07) is 25.7. The second-order valence-electron chi connectivity index (χ2n) is 7.92. The average molecular weight is 457 g/mol. The molecule has 1 fully saturated rings. The number of carbonyl (C=O) groups excluding carboxylic acids is 2. The molecule has 0 aromatic heterocycles. The number of nitrogens with one attached hydrogen (secondary N) is 1. The number of nitrogens with zero attached hydrogens (tertiary/aromatic N) is 1. The van der Waals surface area contributed by atoms with Gasteiger partial charge in [-0.1, -0.05) is 54.6 Å². The van der Waals surface area contributed by atoms with Crippen LogP contribution >= 0.6 is 11.8 Å². The van der Waals surface area contributed by atoms with E-state index in [-0.39, 0.29) is 23.0 Å². The lowest BCUT2D eigenvalue weighted by Crippen LogP contribution is -2.28. The number of benzene rings is 4. The summed E-state index contributed by atoms with van der Waals surface area (Å²) < 4.78 is 14.2. The number of anilines is 2. The third-order valence-electron chi connectivity index (χ3n) is 5.83. The Labute approximate surface area is 195 Å². The molecule has 1 aliphatic rings. The number of fused-ring (bicyclic) bond motifs is 1. The van der Waals surface area contributed by atoms with E-state index in [1.807, 2.05) is 66.7 Å². The minimum absolute atomic E-state index is 0.0658. The zero-order chi connectivity index (χ0) is 22.9. The van der Waals surface area contributed by atoms with Gasteiger partial charge in [-0.15, -0.1) is 11.8 Å². The van der Waals surface area contributed by atoms with E-state index in [2.05, 4.69) is 5.32 Å². The van der Waals surface area contributed by atoms with Crippen LogP contribution in [0.4, 0.5) is 15.8 Å². The highest BCUT2D eigenvalue weighted by Gasteiger charge is 2.35. The molecule has 0 bridgehead atoms. The van der Waals surface area contributed by atoms with E-state index in [1.165, 1.54) is 17.8 Å². The van der Waals surface area contributed by atoms with E-state index in [1.54, 1.807) is 24.0 Å². The molecule has 33 heavy (non-hydrogen) atoms. The summed E-state index contributed by atoms with van der Waals surface area (Å²) in [5.41, 5.74) is 3.12. The lowest BCUT2D eigenvalue weighted by atomic mass is 10.0. The summed E-state index contributed by atoms with van der Waals surface area (Å²) in [6.45, 7) is 1.68. The van der Waals surface area contributed by atoms with Crippen LogP contribution in [-0.2, 0) is 4.79 Å². The molecule has 1 saturated heterocycles. The normalized spacial score (nSPS) is 15.8. The standard InChI is InChI=1S/C27H21FN2O2S/c1-17-23(28)13-6-14-24(17)30-25(31)16-33-27(30)19-9-4-10-20(15-19)29-26(32)22-12-5-8-18-7-2-3-11-21(18)22/h2-15,27H,16H2,1H3,(H,29,32). The average Bonchev–Trinajstić information content (AvgIpc) is 3.21. The molecule has 0 aliphatic carbocycles. The maximum Gasteiger partial charge on any atom is 0.256 e. The molecule has 6 heteroatoms. The molecule has 0 radical (unpaired) electrons. The fraction of sp³-hybridized carbons (Fsp3) is 0.111. The molecular weight excluding hydrogens is 435 g/mol. The highest BCUT2D eigenvalue weighted by Crippen LogP contribution is 2.43. The molecule has 1 aliphatic heterocycles. The van der Waals surface area contributed by atoms with Crippen molar-refractivity contribution in [1.29, 1.82) is 0 Å². The monoisotopic (exact) mass is 456 g/mol. The van der Waals surface area contributed by atoms with Gasteiger partial charge in [0.1, 0.15) is 11.2 Å². The summed E-state index contributed by atoms with van der Waals surface area (Å²) in [5.74, 6) is -0.291. The van der Waals surface area contributed by atoms with Gasteiger partial charge in [-0.2, -0.15) is 0 Å². The van der Waals surface area contributed by atoms with Crippen LogP contribution in [0.25, 0.3) is 10.8 Å². The van der Waals surface area contributed by atoms with Crippen molar-refractivity contribution in [3.63, 3.8) is 0 Å². The lowest BCUT2D eigenvalue weighted by Gasteiger charge is -2.26. The zero-order valence-corrected chi connectivity index (χ0v) is 18.7. The van der Waals surface area contributed by atoms with E-state index >= 15 is 0 Å². The Bertz CT molecular complexity index is 1380. The molecule has 1 unspecified atom stereocenters. The van der Waals surface area contributed by atoms with Crippen molar-refractivity contribution in [1.82, 2.24) is 0 Å².